The zero-order valence-corrected chi connectivity index (χ0v) is 16.9. The topological polar surface area (TPSA) is 149 Å². The third-order valence-corrected chi connectivity index (χ3v) is 7.49. The molecule has 2 aromatic rings. The second-order valence-corrected chi connectivity index (χ2v) is 8.53. The highest BCUT2D eigenvalue weighted by atomic mass is 16.4. The van der Waals surface area contributed by atoms with Crippen LogP contribution in [0.25, 0.3) is 0 Å². The van der Waals surface area contributed by atoms with Crippen molar-refractivity contribution < 1.29 is 39.6 Å². The molecule has 0 aromatic heterocycles. The quantitative estimate of drug-likeness (QED) is 0.537. The van der Waals surface area contributed by atoms with Gasteiger partial charge in [0.25, 0.3) is 0 Å². The number of hydrogen-bond acceptors (Lipinski definition) is 4. The molecular formula is C24H22O8. The average Bonchev–Trinajstić information content (AvgIpc) is 2.75. The minimum atomic E-state index is -1.96. The predicted molar refractivity (Wildman–Crippen MR) is 110 cm³/mol. The van der Waals surface area contributed by atoms with Crippen LogP contribution in [0.2, 0.25) is 0 Å². The molecule has 8 heteroatoms. The van der Waals surface area contributed by atoms with Gasteiger partial charge in [0.05, 0.1) is 11.8 Å². The SMILES string of the molecule is O=C(O)C1CC2C(CC1C(=O)O)C(C(=O)O)(c1ccccc1)C2(C(=O)O)c1ccccc1. The predicted octanol–water partition coefficient (Wildman–Crippen LogP) is 2.47. The van der Waals surface area contributed by atoms with Crippen LogP contribution >= 0.6 is 0 Å². The van der Waals surface area contributed by atoms with E-state index in [-0.39, 0.29) is 24.0 Å². The molecule has 0 heterocycles. The van der Waals surface area contributed by atoms with E-state index in [0.717, 1.165) is 0 Å². The van der Waals surface area contributed by atoms with Crippen LogP contribution in [0, 0.1) is 23.7 Å². The molecule has 4 rings (SSSR count). The van der Waals surface area contributed by atoms with Crippen molar-refractivity contribution in [2.75, 3.05) is 0 Å². The van der Waals surface area contributed by atoms with Gasteiger partial charge in [0.15, 0.2) is 0 Å². The number of aliphatic carboxylic acids is 4. The van der Waals surface area contributed by atoms with Crippen LogP contribution in [-0.2, 0) is 30.0 Å². The van der Waals surface area contributed by atoms with Crippen LogP contribution < -0.4 is 0 Å². The lowest BCUT2D eigenvalue weighted by atomic mass is 9.31. The first-order valence-corrected chi connectivity index (χ1v) is 10.2. The molecule has 2 aromatic carbocycles. The number of benzene rings is 2. The number of carboxylic acids is 4. The van der Waals surface area contributed by atoms with Crippen molar-refractivity contribution in [3.8, 4) is 0 Å². The first kappa shape index (κ1) is 21.5. The Balaban J connectivity index is 2.04. The van der Waals surface area contributed by atoms with Crippen LogP contribution in [0.5, 0.6) is 0 Å². The van der Waals surface area contributed by atoms with E-state index in [4.69, 9.17) is 0 Å². The van der Waals surface area contributed by atoms with Crippen LogP contribution in [-0.4, -0.2) is 44.3 Å². The van der Waals surface area contributed by atoms with E-state index < -0.39 is 58.4 Å². The molecule has 6 atom stereocenters. The molecule has 2 fully saturated rings. The highest BCUT2D eigenvalue weighted by molar-refractivity contribution is 6.00. The molecule has 2 saturated carbocycles. The first-order chi connectivity index (χ1) is 15.2. The molecule has 0 saturated heterocycles. The maximum atomic E-state index is 13.0. The third-order valence-electron chi connectivity index (χ3n) is 7.49. The van der Waals surface area contributed by atoms with E-state index in [2.05, 4.69) is 0 Å². The maximum Gasteiger partial charge on any atom is 0.315 e. The van der Waals surface area contributed by atoms with Crippen LogP contribution in [0.3, 0.4) is 0 Å². The van der Waals surface area contributed by atoms with Gasteiger partial charge >= 0.3 is 23.9 Å². The van der Waals surface area contributed by atoms with E-state index >= 15 is 0 Å². The monoisotopic (exact) mass is 438 g/mol. The number of hydrogen-bond donors (Lipinski definition) is 4. The summed E-state index contributed by atoms with van der Waals surface area (Å²) in [5.74, 6) is -9.72. The summed E-state index contributed by atoms with van der Waals surface area (Å²) >= 11 is 0. The van der Waals surface area contributed by atoms with E-state index in [0.29, 0.717) is 0 Å². The zero-order chi connectivity index (χ0) is 23.3. The van der Waals surface area contributed by atoms with Crippen molar-refractivity contribution in [3.05, 3.63) is 71.8 Å². The molecule has 8 nitrogen and oxygen atoms in total. The molecule has 0 radical (unpaired) electrons. The van der Waals surface area contributed by atoms with E-state index in [9.17, 15) is 39.6 Å². The molecule has 6 unspecified atom stereocenters. The highest BCUT2D eigenvalue weighted by Gasteiger charge is 2.81. The Labute approximate surface area is 183 Å². The molecule has 0 amide bonds. The minimum Gasteiger partial charge on any atom is -0.481 e. The summed E-state index contributed by atoms with van der Waals surface area (Å²) in [5.41, 5.74) is -3.39. The lowest BCUT2D eigenvalue weighted by Crippen LogP contribution is -2.79. The lowest BCUT2D eigenvalue weighted by molar-refractivity contribution is -0.205. The van der Waals surface area contributed by atoms with Gasteiger partial charge in [0.2, 0.25) is 0 Å². The van der Waals surface area contributed by atoms with Gasteiger partial charge < -0.3 is 20.4 Å². The van der Waals surface area contributed by atoms with Gasteiger partial charge in [-0.1, -0.05) is 60.7 Å². The lowest BCUT2D eigenvalue weighted by Gasteiger charge is -2.68. The van der Waals surface area contributed by atoms with Gasteiger partial charge in [-0.3, -0.25) is 19.2 Å². The molecule has 2 aliphatic carbocycles. The first-order valence-electron chi connectivity index (χ1n) is 10.2. The van der Waals surface area contributed by atoms with Crippen molar-refractivity contribution in [3.63, 3.8) is 0 Å². The number of carbonyl (C=O) groups is 4. The van der Waals surface area contributed by atoms with Gasteiger partial charge in [0.1, 0.15) is 10.8 Å². The second kappa shape index (κ2) is 7.47. The van der Waals surface area contributed by atoms with Crippen molar-refractivity contribution in [1.82, 2.24) is 0 Å². The van der Waals surface area contributed by atoms with Gasteiger partial charge in [-0.25, -0.2) is 0 Å². The summed E-state index contributed by atoms with van der Waals surface area (Å²) in [4.78, 5) is 49.8. The number of rotatable bonds is 6. The molecule has 0 aliphatic heterocycles. The molecule has 32 heavy (non-hydrogen) atoms. The van der Waals surface area contributed by atoms with Crippen molar-refractivity contribution in [1.29, 1.82) is 0 Å². The van der Waals surface area contributed by atoms with E-state index in [1.54, 1.807) is 60.7 Å². The fourth-order valence-electron chi connectivity index (χ4n) is 6.38. The molecule has 4 N–H and O–H groups in total. The molecule has 0 spiro atoms. The average molecular weight is 438 g/mol. The number of carboxylic acid groups (broad SMARTS) is 4. The Morgan fingerprint density at radius 3 is 1.16 bits per heavy atom. The van der Waals surface area contributed by atoms with Gasteiger partial charge in [-0.15, -0.1) is 0 Å². The normalized spacial score (nSPS) is 33.4. The van der Waals surface area contributed by atoms with Gasteiger partial charge in [0, 0.05) is 0 Å². The largest absolute Gasteiger partial charge is 0.481 e. The summed E-state index contributed by atoms with van der Waals surface area (Å²) < 4.78 is 0. The smallest absolute Gasteiger partial charge is 0.315 e. The van der Waals surface area contributed by atoms with Crippen LogP contribution in [0.1, 0.15) is 24.0 Å². The molecule has 0 bridgehead atoms. The van der Waals surface area contributed by atoms with Gasteiger partial charge in [-0.05, 0) is 35.8 Å². The van der Waals surface area contributed by atoms with Crippen LogP contribution in [0.4, 0.5) is 0 Å². The molecular weight excluding hydrogens is 416 g/mol. The Hall–Kier alpha value is -3.68. The summed E-state index contributed by atoms with van der Waals surface area (Å²) in [6.07, 6.45) is -0.472. The Morgan fingerprint density at radius 2 is 0.906 bits per heavy atom. The highest BCUT2D eigenvalue weighted by Crippen LogP contribution is 2.71. The Kier molecular flexibility index (Phi) is 5.03. The standard InChI is InChI=1S/C24H22O8/c25-19(26)15-11-17-18(12-16(15)20(27)28)24(22(31)32,14-9-5-2-6-10-14)23(17,21(29)30)13-7-3-1-4-8-13/h1-10,15-18H,11-12H2,(H,25,26)(H,27,28)(H,29,30)(H,31,32). The Morgan fingerprint density at radius 1 is 0.594 bits per heavy atom. The molecule has 166 valence electrons. The fraction of sp³-hybridized carbons (Fsp3) is 0.333. The fourth-order valence-corrected chi connectivity index (χ4v) is 6.38. The van der Waals surface area contributed by atoms with Gasteiger partial charge in [-0.2, -0.15) is 0 Å². The maximum absolute atomic E-state index is 13.0. The van der Waals surface area contributed by atoms with Crippen molar-refractivity contribution >= 4 is 23.9 Å². The summed E-state index contributed by atoms with van der Waals surface area (Å²) in [6.45, 7) is 0. The zero-order valence-electron chi connectivity index (χ0n) is 16.9. The van der Waals surface area contributed by atoms with E-state index in [1.807, 2.05) is 0 Å². The molecule has 2 aliphatic rings. The summed E-state index contributed by atoms with van der Waals surface area (Å²) in [6, 6.07) is 16.0. The minimum absolute atomic E-state index is 0.236. The second-order valence-electron chi connectivity index (χ2n) is 8.53. The van der Waals surface area contributed by atoms with E-state index in [1.165, 1.54) is 0 Å². The summed E-state index contributed by atoms with van der Waals surface area (Å²) in [7, 11) is 0. The third kappa shape index (κ3) is 2.55. The van der Waals surface area contributed by atoms with Crippen molar-refractivity contribution in [2.24, 2.45) is 23.7 Å². The van der Waals surface area contributed by atoms with Crippen molar-refractivity contribution in [2.45, 2.75) is 23.7 Å². The van der Waals surface area contributed by atoms with Crippen LogP contribution in [0.15, 0.2) is 60.7 Å². The Bertz CT molecular complexity index is 994. The summed E-state index contributed by atoms with van der Waals surface area (Å²) in [5, 5.41) is 40.6. The number of fused-ring (bicyclic) bond motifs is 1.